The maximum Gasteiger partial charge on any atom is 0.258 e. The van der Waals surface area contributed by atoms with Crippen molar-refractivity contribution in [3.63, 3.8) is 0 Å². The summed E-state index contributed by atoms with van der Waals surface area (Å²) in [5.41, 5.74) is 0.809. The molecule has 2 unspecified atom stereocenters. The molecule has 1 aliphatic heterocycles. The quantitative estimate of drug-likeness (QED) is 0.749. The molecule has 2 atom stereocenters. The monoisotopic (exact) mass is 400 g/mol. The lowest BCUT2D eigenvalue weighted by atomic mass is 10.1. The van der Waals surface area contributed by atoms with Crippen molar-refractivity contribution in [1.29, 1.82) is 0 Å². The van der Waals surface area contributed by atoms with Gasteiger partial charge in [-0.05, 0) is 49.6 Å². The summed E-state index contributed by atoms with van der Waals surface area (Å²) >= 11 is 0. The number of hydrogen-bond acceptors (Lipinski definition) is 4. The summed E-state index contributed by atoms with van der Waals surface area (Å²) in [6, 6.07) is 12.0. The van der Waals surface area contributed by atoms with Crippen LogP contribution in [0.4, 0.5) is 4.39 Å². The Morgan fingerprint density at radius 2 is 2.07 bits per heavy atom. The van der Waals surface area contributed by atoms with E-state index in [9.17, 15) is 19.1 Å². The minimum atomic E-state index is -1.03. The maximum atomic E-state index is 13.3. The molecular weight excluding hydrogens is 375 g/mol. The van der Waals surface area contributed by atoms with Crippen molar-refractivity contribution >= 4 is 11.8 Å². The van der Waals surface area contributed by atoms with Crippen molar-refractivity contribution in [2.24, 2.45) is 0 Å². The van der Waals surface area contributed by atoms with Crippen LogP contribution in [-0.4, -0.2) is 47.6 Å². The molecule has 6 nitrogen and oxygen atoms in total. The number of aliphatic hydroxyl groups excluding tert-OH is 1. The average molecular weight is 400 g/mol. The van der Waals surface area contributed by atoms with Crippen LogP contribution in [0, 0.1) is 5.82 Å². The Bertz CT molecular complexity index is 873. The van der Waals surface area contributed by atoms with Gasteiger partial charge in [0.25, 0.3) is 5.91 Å². The van der Waals surface area contributed by atoms with E-state index in [1.54, 1.807) is 35.2 Å². The number of ether oxygens (including phenoxy) is 1. The molecule has 7 heteroatoms. The Labute approximate surface area is 169 Å². The van der Waals surface area contributed by atoms with Gasteiger partial charge in [0.15, 0.2) is 0 Å². The van der Waals surface area contributed by atoms with Crippen LogP contribution < -0.4 is 10.1 Å². The van der Waals surface area contributed by atoms with E-state index in [2.05, 4.69) is 5.32 Å². The van der Waals surface area contributed by atoms with E-state index in [0.717, 1.165) is 0 Å². The summed E-state index contributed by atoms with van der Waals surface area (Å²) in [5, 5.41) is 12.9. The van der Waals surface area contributed by atoms with Crippen LogP contribution in [0.5, 0.6) is 5.75 Å². The summed E-state index contributed by atoms with van der Waals surface area (Å²) in [6.07, 6.45) is 0.233. The molecule has 29 heavy (non-hydrogen) atoms. The molecule has 0 spiro atoms. The molecule has 1 saturated heterocycles. The fraction of sp³-hybridized carbons (Fsp3) is 0.364. The van der Waals surface area contributed by atoms with Gasteiger partial charge in [-0.15, -0.1) is 0 Å². The highest BCUT2D eigenvalue weighted by Gasteiger charge is 2.35. The minimum absolute atomic E-state index is 0.0592. The van der Waals surface area contributed by atoms with Crippen LogP contribution in [0.1, 0.15) is 41.8 Å². The fourth-order valence-corrected chi connectivity index (χ4v) is 3.51. The summed E-state index contributed by atoms with van der Waals surface area (Å²) in [7, 11) is 0. The normalized spacial score (nSPS) is 17.1. The van der Waals surface area contributed by atoms with Gasteiger partial charge in [-0.25, -0.2) is 4.39 Å². The van der Waals surface area contributed by atoms with E-state index in [1.165, 1.54) is 18.2 Å². The SMILES string of the molecule is CCOc1ccccc1C(=O)N1CCCC1C(=O)NCC(O)c1cccc(F)c1. The first-order valence-corrected chi connectivity index (χ1v) is 9.75. The molecule has 1 heterocycles. The molecule has 2 aromatic carbocycles. The Hall–Kier alpha value is -2.93. The molecule has 3 rings (SSSR count). The molecule has 2 N–H and O–H groups in total. The number of hydrogen-bond donors (Lipinski definition) is 2. The molecule has 0 bridgehead atoms. The predicted molar refractivity (Wildman–Crippen MR) is 106 cm³/mol. The zero-order chi connectivity index (χ0) is 20.8. The second-order valence-corrected chi connectivity index (χ2v) is 6.90. The second-order valence-electron chi connectivity index (χ2n) is 6.90. The number of amides is 2. The van der Waals surface area contributed by atoms with E-state index in [4.69, 9.17) is 4.74 Å². The van der Waals surface area contributed by atoms with Crippen LogP contribution in [-0.2, 0) is 4.79 Å². The molecule has 0 aliphatic carbocycles. The summed E-state index contributed by atoms with van der Waals surface area (Å²) < 4.78 is 18.8. The summed E-state index contributed by atoms with van der Waals surface area (Å²) in [5.74, 6) is -0.543. The number of aliphatic hydroxyl groups is 1. The molecule has 2 aromatic rings. The van der Waals surface area contributed by atoms with Crippen LogP contribution in [0.3, 0.4) is 0 Å². The smallest absolute Gasteiger partial charge is 0.258 e. The highest BCUT2D eigenvalue weighted by atomic mass is 19.1. The molecule has 1 fully saturated rings. The van der Waals surface area contributed by atoms with Crippen molar-refractivity contribution in [3.05, 3.63) is 65.5 Å². The van der Waals surface area contributed by atoms with Crippen molar-refractivity contribution in [2.45, 2.75) is 31.9 Å². The highest BCUT2D eigenvalue weighted by molar-refractivity contribution is 6.00. The number of carbonyl (C=O) groups is 2. The fourth-order valence-electron chi connectivity index (χ4n) is 3.51. The highest BCUT2D eigenvalue weighted by Crippen LogP contribution is 2.25. The summed E-state index contributed by atoms with van der Waals surface area (Å²) in [6.45, 7) is 2.70. The largest absolute Gasteiger partial charge is 0.493 e. The lowest BCUT2D eigenvalue weighted by molar-refractivity contribution is -0.125. The third-order valence-corrected chi connectivity index (χ3v) is 4.94. The number of carbonyl (C=O) groups excluding carboxylic acids is 2. The lowest BCUT2D eigenvalue weighted by Gasteiger charge is -2.25. The Balaban J connectivity index is 1.65. The summed E-state index contributed by atoms with van der Waals surface area (Å²) in [4.78, 5) is 27.3. The van der Waals surface area contributed by atoms with Gasteiger partial charge in [0.2, 0.25) is 5.91 Å². The molecule has 2 amide bonds. The third kappa shape index (κ3) is 4.92. The second kappa shape index (κ2) is 9.52. The van der Waals surface area contributed by atoms with E-state index >= 15 is 0 Å². The van der Waals surface area contributed by atoms with E-state index in [-0.39, 0.29) is 18.4 Å². The number of halogens is 1. The first-order chi connectivity index (χ1) is 14.0. The van der Waals surface area contributed by atoms with Gasteiger partial charge in [0.1, 0.15) is 17.6 Å². The van der Waals surface area contributed by atoms with Crippen molar-refractivity contribution < 1.29 is 23.8 Å². The van der Waals surface area contributed by atoms with Gasteiger partial charge in [0, 0.05) is 13.1 Å². The van der Waals surface area contributed by atoms with E-state index in [0.29, 0.717) is 42.9 Å². The van der Waals surface area contributed by atoms with Crippen LogP contribution >= 0.6 is 0 Å². The van der Waals surface area contributed by atoms with Crippen molar-refractivity contribution in [3.8, 4) is 5.75 Å². The third-order valence-electron chi connectivity index (χ3n) is 4.94. The average Bonchev–Trinajstić information content (AvgIpc) is 3.22. The number of rotatable bonds is 7. The van der Waals surface area contributed by atoms with Gasteiger partial charge >= 0.3 is 0 Å². The molecule has 0 aromatic heterocycles. The zero-order valence-corrected chi connectivity index (χ0v) is 16.3. The first kappa shape index (κ1) is 20.8. The molecule has 0 saturated carbocycles. The van der Waals surface area contributed by atoms with Gasteiger partial charge in [-0.2, -0.15) is 0 Å². The van der Waals surface area contributed by atoms with E-state index < -0.39 is 18.0 Å². The first-order valence-electron chi connectivity index (χ1n) is 9.75. The maximum absolute atomic E-state index is 13.3. The molecular formula is C22H25FN2O4. The number of para-hydroxylation sites is 1. The Morgan fingerprint density at radius 3 is 2.83 bits per heavy atom. The minimum Gasteiger partial charge on any atom is -0.493 e. The lowest BCUT2D eigenvalue weighted by Crippen LogP contribution is -2.46. The topological polar surface area (TPSA) is 78.9 Å². The van der Waals surface area contributed by atoms with Crippen molar-refractivity contribution in [2.75, 3.05) is 19.7 Å². The van der Waals surface area contributed by atoms with Gasteiger partial charge in [0.05, 0.1) is 18.3 Å². The Morgan fingerprint density at radius 1 is 1.28 bits per heavy atom. The number of nitrogens with one attached hydrogen (secondary N) is 1. The van der Waals surface area contributed by atoms with Gasteiger partial charge in [-0.3, -0.25) is 9.59 Å². The molecule has 154 valence electrons. The Kier molecular flexibility index (Phi) is 6.82. The predicted octanol–water partition coefficient (Wildman–Crippen LogP) is 2.68. The van der Waals surface area contributed by atoms with Crippen molar-refractivity contribution in [1.82, 2.24) is 10.2 Å². The van der Waals surface area contributed by atoms with E-state index in [1.807, 2.05) is 6.92 Å². The van der Waals surface area contributed by atoms with Crippen LogP contribution in [0.2, 0.25) is 0 Å². The van der Waals surface area contributed by atoms with Gasteiger partial charge in [-0.1, -0.05) is 24.3 Å². The number of nitrogens with zero attached hydrogens (tertiary/aromatic N) is 1. The molecule has 1 aliphatic rings. The molecule has 0 radical (unpaired) electrons. The number of likely N-dealkylation sites (tertiary alicyclic amines) is 1. The standard InChI is InChI=1S/C22H25FN2O4/c1-2-29-20-11-4-3-9-17(20)22(28)25-12-6-10-18(25)21(27)24-14-19(26)15-7-5-8-16(23)13-15/h3-5,7-9,11,13,18-19,26H,2,6,10,12,14H2,1H3,(H,24,27). The number of benzene rings is 2. The van der Waals surface area contributed by atoms with Crippen LogP contribution in [0.15, 0.2) is 48.5 Å². The van der Waals surface area contributed by atoms with Crippen LogP contribution in [0.25, 0.3) is 0 Å². The zero-order valence-electron chi connectivity index (χ0n) is 16.3. The van der Waals surface area contributed by atoms with Gasteiger partial charge < -0.3 is 20.1 Å².